The number of carbonyl (C=O) groups is 1. The van der Waals surface area contributed by atoms with E-state index in [-0.39, 0.29) is 5.91 Å². The summed E-state index contributed by atoms with van der Waals surface area (Å²) in [6, 6.07) is 4.45. The first kappa shape index (κ1) is 15.7. The second-order valence-electron chi connectivity index (χ2n) is 5.14. The molecule has 0 fully saturated rings. The Morgan fingerprint density at radius 2 is 1.74 bits per heavy atom. The molecular formula is C16H26N2O. The van der Waals surface area contributed by atoms with Crippen molar-refractivity contribution in [1.29, 1.82) is 0 Å². The largest absolute Gasteiger partial charge is 0.356 e. The Morgan fingerprint density at radius 3 is 2.42 bits per heavy atom. The molecule has 1 rings (SSSR count). The summed E-state index contributed by atoms with van der Waals surface area (Å²) in [5.74, 6) is 0.131. The molecule has 1 aromatic rings. The number of carbonyl (C=O) groups excluding carboxylic acids is 1. The Kier molecular flexibility index (Phi) is 6.57. The van der Waals surface area contributed by atoms with Crippen LogP contribution in [0.5, 0.6) is 0 Å². The first-order valence-electron chi connectivity index (χ1n) is 7.08. The van der Waals surface area contributed by atoms with Crippen LogP contribution >= 0.6 is 0 Å². The van der Waals surface area contributed by atoms with E-state index in [0.29, 0.717) is 6.42 Å². The molecule has 0 atom stereocenters. The molecule has 3 nitrogen and oxygen atoms in total. The van der Waals surface area contributed by atoms with Crippen molar-refractivity contribution >= 4 is 5.91 Å². The molecule has 0 aliphatic carbocycles. The maximum absolute atomic E-state index is 11.4. The van der Waals surface area contributed by atoms with Gasteiger partial charge in [0.2, 0.25) is 5.91 Å². The molecule has 2 N–H and O–H groups in total. The van der Waals surface area contributed by atoms with Gasteiger partial charge < -0.3 is 10.6 Å². The highest BCUT2D eigenvalue weighted by molar-refractivity contribution is 5.75. The summed E-state index contributed by atoms with van der Waals surface area (Å²) in [6.07, 6.45) is 1.53. The minimum Gasteiger partial charge on any atom is -0.356 e. The highest BCUT2D eigenvalue weighted by Crippen LogP contribution is 2.14. The van der Waals surface area contributed by atoms with Gasteiger partial charge in [-0.3, -0.25) is 4.79 Å². The van der Waals surface area contributed by atoms with Gasteiger partial charge in [0.15, 0.2) is 0 Å². The van der Waals surface area contributed by atoms with Crippen LogP contribution in [0.15, 0.2) is 12.1 Å². The maximum atomic E-state index is 11.4. The predicted molar refractivity (Wildman–Crippen MR) is 80.3 cm³/mol. The molecule has 1 aromatic carbocycles. The van der Waals surface area contributed by atoms with Gasteiger partial charge >= 0.3 is 0 Å². The Hall–Kier alpha value is -1.35. The van der Waals surface area contributed by atoms with Crippen LogP contribution in [-0.2, 0) is 11.3 Å². The van der Waals surface area contributed by atoms with Gasteiger partial charge in [-0.15, -0.1) is 0 Å². The standard InChI is InChI=1S/C16H26N2O/c1-5-7-18-16(19)6-8-17-11-15-10-13(3)12(2)9-14(15)4/h9-10,17H,5-8,11H2,1-4H3,(H,18,19). The summed E-state index contributed by atoms with van der Waals surface area (Å²) in [4.78, 5) is 11.4. The zero-order chi connectivity index (χ0) is 14.3. The molecule has 0 aliphatic heterocycles. The van der Waals surface area contributed by atoms with Gasteiger partial charge in [-0.2, -0.15) is 0 Å². The molecule has 106 valence electrons. The molecule has 0 radical (unpaired) electrons. The molecule has 0 aromatic heterocycles. The second-order valence-corrected chi connectivity index (χ2v) is 5.14. The molecular weight excluding hydrogens is 236 g/mol. The zero-order valence-corrected chi connectivity index (χ0v) is 12.6. The van der Waals surface area contributed by atoms with Gasteiger partial charge in [0.25, 0.3) is 0 Å². The summed E-state index contributed by atoms with van der Waals surface area (Å²) in [6.45, 7) is 10.8. The van der Waals surface area contributed by atoms with Crippen molar-refractivity contribution in [3.8, 4) is 0 Å². The Balaban J connectivity index is 2.33. The van der Waals surface area contributed by atoms with E-state index in [1.165, 1.54) is 22.3 Å². The van der Waals surface area contributed by atoms with Crippen LogP contribution in [-0.4, -0.2) is 19.0 Å². The summed E-state index contributed by atoms with van der Waals surface area (Å²) < 4.78 is 0. The third kappa shape index (κ3) is 5.43. The van der Waals surface area contributed by atoms with Gasteiger partial charge in [-0.1, -0.05) is 19.1 Å². The number of hydrogen-bond donors (Lipinski definition) is 2. The van der Waals surface area contributed by atoms with E-state index in [1.54, 1.807) is 0 Å². The fourth-order valence-corrected chi connectivity index (χ4v) is 1.99. The normalized spacial score (nSPS) is 10.5. The van der Waals surface area contributed by atoms with Crippen molar-refractivity contribution in [3.63, 3.8) is 0 Å². The number of hydrogen-bond acceptors (Lipinski definition) is 2. The molecule has 1 amide bonds. The van der Waals surface area contributed by atoms with Crippen LogP contribution in [0.3, 0.4) is 0 Å². The molecule has 0 saturated heterocycles. The Morgan fingerprint density at radius 1 is 1.05 bits per heavy atom. The summed E-state index contributed by atoms with van der Waals surface area (Å²) in [7, 11) is 0. The molecule has 0 aliphatic rings. The van der Waals surface area contributed by atoms with Crippen LogP contribution in [0.1, 0.15) is 42.0 Å². The third-order valence-electron chi connectivity index (χ3n) is 3.37. The van der Waals surface area contributed by atoms with Gasteiger partial charge in [-0.25, -0.2) is 0 Å². The predicted octanol–water partition coefficient (Wildman–Crippen LogP) is 2.62. The minimum atomic E-state index is 0.131. The quantitative estimate of drug-likeness (QED) is 0.742. The van der Waals surface area contributed by atoms with Gasteiger partial charge in [-0.05, 0) is 49.4 Å². The molecule has 0 bridgehead atoms. The first-order chi connectivity index (χ1) is 9.04. The van der Waals surface area contributed by atoms with Crippen LogP contribution in [0.4, 0.5) is 0 Å². The van der Waals surface area contributed by atoms with Gasteiger partial charge in [0, 0.05) is 26.1 Å². The first-order valence-corrected chi connectivity index (χ1v) is 7.08. The number of aryl methyl sites for hydroxylation is 3. The average molecular weight is 262 g/mol. The van der Waals surface area contributed by atoms with Crippen molar-refractivity contribution in [2.45, 2.75) is 47.1 Å². The van der Waals surface area contributed by atoms with Crippen LogP contribution in [0, 0.1) is 20.8 Å². The average Bonchev–Trinajstić information content (AvgIpc) is 2.37. The number of amides is 1. The molecule has 0 unspecified atom stereocenters. The van der Waals surface area contributed by atoms with E-state index in [9.17, 15) is 4.79 Å². The molecule has 19 heavy (non-hydrogen) atoms. The highest BCUT2D eigenvalue weighted by Gasteiger charge is 2.03. The Bertz CT molecular complexity index is 427. The van der Waals surface area contributed by atoms with Gasteiger partial charge in [0.05, 0.1) is 0 Å². The van der Waals surface area contributed by atoms with Crippen molar-refractivity contribution in [3.05, 3.63) is 34.4 Å². The molecule has 0 heterocycles. The fourth-order valence-electron chi connectivity index (χ4n) is 1.99. The van der Waals surface area contributed by atoms with Gasteiger partial charge in [0.1, 0.15) is 0 Å². The third-order valence-corrected chi connectivity index (χ3v) is 3.37. The lowest BCUT2D eigenvalue weighted by Crippen LogP contribution is -2.28. The van der Waals surface area contributed by atoms with E-state index in [2.05, 4.69) is 50.5 Å². The van der Waals surface area contributed by atoms with Crippen LogP contribution in [0.2, 0.25) is 0 Å². The monoisotopic (exact) mass is 262 g/mol. The lowest BCUT2D eigenvalue weighted by atomic mass is 10.0. The second kappa shape index (κ2) is 7.95. The number of rotatable bonds is 7. The van der Waals surface area contributed by atoms with Crippen molar-refractivity contribution < 1.29 is 4.79 Å². The van der Waals surface area contributed by atoms with E-state index < -0.39 is 0 Å². The molecule has 0 saturated carbocycles. The number of nitrogens with one attached hydrogen (secondary N) is 2. The fraction of sp³-hybridized carbons (Fsp3) is 0.562. The summed E-state index contributed by atoms with van der Waals surface area (Å²) >= 11 is 0. The maximum Gasteiger partial charge on any atom is 0.221 e. The van der Waals surface area contributed by atoms with E-state index in [1.807, 2.05) is 0 Å². The lowest BCUT2D eigenvalue weighted by molar-refractivity contribution is -0.120. The van der Waals surface area contributed by atoms with Crippen LogP contribution < -0.4 is 10.6 Å². The minimum absolute atomic E-state index is 0.131. The SMILES string of the molecule is CCCNC(=O)CCNCc1cc(C)c(C)cc1C. The highest BCUT2D eigenvalue weighted by atomic mass is 16.1. The molecule has 3 heteroatoms. The van der Waals surface area contributed by atoms with E-state index >= 15 is 0 Å². The smallest absolute Gasteiger partial charge is 0.221 e. The molecule has 0 spiro atoms. The summed E-state index contributed by atoms with van der Waals surface area (Å²) in [5.41, 5.74) is 5.28. The van der Waals surface area contributed by atoms with Crippen LogP contribution in [0.25, 0.3) is 0 Å². The lowest BCUT2D eigenvalue weighted by Gasteiger charge is -2.11. The zero-order valence-electron chi connectivity index (χ0n) is 12.6. The number of benzene rings is 1. The van der Waals surface area contributed by atoms with Crippen molar-refractivity contribution in [1.82, 2.24) is 10.6 Å². The van der Waals surface area contributed by atoms with Crippen molar-refractivity contribution in [2.75, 3.05) is 13.1 Å². The topological polar surface area (TPSA) is 41.1 Å². The summed E-state index contributed by atoms with van der Waals surface area (Å²) in [5, 5.41) is 6.22. The Labute approximate surface area is 116 Å². The van der Waals surface area contributed by atoms with E-state index in [4.69, 9.17) is 0 Å². The van der Waals surface area contributed by atoms with Crippen molar-refractivity contribution in [2.24, 2.45) is 0 Å². The van der Waals surface area contributed by atoms with E-state index in [0.717, 1.165) is 26.1 Å².